The Morgan fingerprint density at radius 3 is 2.89 bits per heavy atom. The first kappa shape index (κ1) is 6.35. The number of aliphatic imine (C=N–C) groups is 1. The van der Waals surface area contributed by atoms with Crippen molar-refractivity contribution in [3.63, 3.8) is 0 Å². The van der Waals surface area contributed by atoms with Crippen molar-refractivity contribution in [2.24, 2.45) is 10.7 Å². The van der Waals surface area contributed by atoms with E-state index < -0.39 is 6.10 Å². The third kappa shape index (κ3) is 1.32. The topological polar surface area (TPSA) is 70.6 Å². The van der Waals surface area contributed by atoms with Crippen LogP contribution in [-0.2, 0) is 0 Å². The minimum absolute atomic E-state index is 0.0509. The van der Waals surface area contributed by atoms with Gasteiger partial charge in [-0.3, -0.25) is 0 Å². The first-order valence-corrected chi connectivity index (χ1v) is 2.95. The van der Waals surface area contributed by atoms with E-state index in [0.29, 0.717) is 12.5 Å². The monoisotopic (exact) mass is 129 g/mol. The molecular formula is C5H11N3O. The first-order valence-electron chi connectivity index (χ1n) is 2.95. The molecule has 9 heavy (non-hydrogen) atoms. The molecule has 0 spiro atoms. The summed E-state index contributed by atoms with van der Waals surface area (Å²) in [6.45, 7) is 2.36. The first-order chi connectivity index (χ1) is 4.20. The Morgan fingerprint density at radius 2 is 2.67 bits per heavy atom. The molecule has 0 aromatic rings. The van der Waals surface area contributed by atoms with E-state index >= 15 is 0 Å². The molecule has 2 atom stereocenters. The van der Waals surface area contributed by atoms with E-state index in [1.807, 2.05) is 0 Å². The fraction of sp³-hybridized carbons (Fsp3) is 0.800. The molecule has 0 unspecified atom stereocenters. The van der Waals surface area contributed by atoms with E-state index in [1.165, 1.54) is 0 Å². The molecule has 1 heterocycles. The highest BCUT2D eigenvalue weighted by molar-refractivity contribution is 5.79. The van der Waals surface area contributed by atoms with Crippen LogP contribution in [0.5, 0.6) is 0 Å². The molecule has 52 valence electrons. The van der Waals surface area contributed by atoms with Crippen molar-refractivity contribution >= 4 is 5.96 Å². The zero-order valence-electron chi connectivity index (χ0n) is 5.33. The van der Waals surface area contributed by atoms with Gasteiger partial charge in [-0.05, 0) is 6.92 Å². The summed E-state index contributed by atoms with van der Waals surface area (Å²) in [6, 6.07) is -0.0509. The fourth-order valence-electron chi connectivity index (χ4n) is 0.757. The van der Waals surface area contributed by atoms with E-state index in [0.717, 1.165) is 0 Å². The number of nitrogens with two attached hydrogens (primary N) is 1. The number of guanidine groups is 1. The molecule has 0 saturated carbocycles. The fourth-order valence-corrected chi connectivity index (χ4v) is 0.757. The van der Waals surface area contributed by atoms with E-state index in [2.05, 4.69) is 10.3 Å². The predicted molar refractivity (Wildman–Crippen MR) is 35.1 cm³/mol. The molecule has 0 saturated heterocycles. The van der Waals surface area contributed by atoms with Crippen LogP contribution in [-0.4, -0.2) is 29.8 Å². The van der Waals surface area contributed by atoms with Crippen LogP contribution in [0.3, 0.4) is 0 Å². The van der Waals surface area contributed by atoms with Gasteiger partial charge >= 0.3 is 0 Å². The van der Waals surface area contributed by atoms with Crippen LogP contribution < -0.4 is 11.1 Å². The maximum Gasteiger partial charge on any atom is 0.189 e. The van der Waals surface area contributed by atoms with E-state index in [4.69, 9.17) is 10.8 Å². The van der Waals surface area contributed by atoms with Crippen molar-refractivity contribution in [2.75, 3.05) is 6.54 Å². The van der Waals surface area contributed by atoms with Crippen LogP contribution in [0, 0.1) is 0 Å². The third-order valence-corrected chi connectivity index (χ3v) is 1.35. The average molecular weight is 129 g/mol. The molecular weight excluding hydrogens is 118 g/mol. The molecule has 4 nitrogen and oxygen atoms in total. The van der Waals surface area contributed by atoms with Crippen LogP contribution in [0.1, 0.15) is 6.92 Å². The zero-order valence-corrected chi connectivity index (χ0v) is 5.33. The Labute approximate surface area is 53.8 Å². The number of hydrogen-bond acceptors (Lipinski definition) is 4. The predicted octanol–water partition coefficient (Wildman–Crippen LogP) is -1.35. The standard InChI is InChI=1S/C5H11N3O/c1-3(9)4-2-7-5(6)8-4/h3-4,9H,2H2,1H3,(H3,6,7,8)/t3-,4+/m0/s1. The SMILES string of the molecule is C[C@H](O)[C@H]1CNC(N)=N1. The number of nitrogens with one attached hydrogen (secondary N) is 1. The van der Waals surface area contributed by atoms with Gasteiger partial charge in [0, 0.05) is 6.54 Å². The lowest BCUT2D eigenvalue weighted by Crippen LogP contribution is -2.30. The maximum atomic E-state index is 8.97. The molecule has 0 radical (unpaired) electrons. The third-order valence-electron chi connectivity index (χ3n) is 1.35. The summed E-state index contributed by atoms with van der Waals surface area (Å²) in [5, 5.41) is 11.8. The molecule has 0 amide bonds. The Kier molecular flexibility index (Phi) is 1.57. The second-order valence-corrected chi connectivity index (χ2v) is 2.20. The summed E-state index contributed by atoms with van der Waals surface area (Å²) in [5.74, 6) is 0.431. The van der Waals surface area contributed by atoms with Gasteiger partial charge in [-0.2, -0.15) is 0 Å². The highest BCUT2D eigenvalue weighted by Crippen LogP contribution is 2.00. The quantitative estimate of drug-likeness (QED) is 0.410. The Balaban J connectivity index is 2.47. The molecule has 0 aromatic carbocycles. The van der Waals surface area contributed by atoms with E-state index in [1.54, 1.807) is 6.92 Å². The van der Waals surface area contributed by atoms with Crippen molar-refractivity contribution in [2.45, 2.75) is 19.1 Å². The van der Waals surface area contributed by atoms with Crippen molar-refractivity contribution < 1.29 is 5.11 Å². The maximum absolute atomic E-state index is 8.97. The molecule has 0 fully saturated rings. The van der Waals surface area contributed by atoms with Gasteiger partial charge < -0.3 is 16.2 Å². The lowest BCUT2D eigenvalue weighted by Gasteiger charge is -2.06. The molecule has 1 aliphatic heterocycles. The summed E-state index contributed by atoms with van der Waals surface area (Å²) < 4.78 is 0. The van der Waals surface area contributed by atoms with Gasteiger partial charge in [0.15, 0.2) is 5.96 Å². The van der Waals surface area contributed by atoms with Crippen LogP contribution in [0.2, 0.25) is 0 Å². The van der Waals surface area contributed by atoms with Crippen LogP contribution in [0.15, 0.2) is 4.99 Å². The smallest absolute Gasteiger partial charge is 0.189 e. The van der Waals surface area contributed by atoms with Crippen molar-refractivity contribution in [3.05, 3.63) is 0 Å². The molecule has 1 aliphatic rings. The van der Waals surface area contributed by atoms with Crippen molar-refractivity contribution in [1.82, 2.24) is 5.32 Å². The molecule has 0 bridgehead atoms. The summed E-state index contributed by atoms with van der Waals surface area (Å²) in [7, 11) is 0. The molecule has 4 heteroatoms. The number of hydrogen-bond donors (Lipinski definition) is 3. The summed E-state index contributed by atoms with van der Waals surface area (Å²) >= 11 is 0. The van der Waals surface area contributed by atoms with Crippen LogP contribution in [0.25, 0.3) is 0 Å². The van der Waals surface area contributed by atoms with Gasteiger partial charge in [-0.25, -0.2) is 4.99 Å². The van der Waals surface area contributed by atoms with Gasteiger partial charge in [0.05, 0.1) is 12.1 Å². The molecule has 4 N–H and O–H groups in total. The molecule has 1 rings (SSSR count). The largest absolute Gasteiger partial charge is 0.391 e. The van der Waals surface area contributed by atoms with E-state index in [-0.39, 0.29) is 6.04 Å². The van der Waals surface area contributed by atoms with Crippen LogP contribution in [0.4, 0.5) is 0 Å². The van der Waals surface area contributed by atoms with Crippen molar-refractivity contribution in [1.29, 1.82) is 0 Å². The Bertz CT molecular complexity index is 132. The van der Waals surface area contributed by atoms with Gasteiger partial charge in [0.25, 0.3) is 0 Å². The summed E-state index contributed by atoms with van der Waals surface area (Å²) in [6.07, 6.45) is -0.404. The highest BCUT2D eigenvalue weighted by atomic mass is 16.3. The minimum Gasteiger partial charge on any atom is -0.391 e. The Hall–Kier alpha value is -0.770. The number of nitrogens with zero attached hydrogens (tertiary/aromatic N) is 1. The zero-order chi connectivity index (χ0) is 6.85. The van der Waals surface area contributed by atoms with Crippen molar-refractivity contribution in [3.8, 4) is 0 Å². The lowest BCUT2D eigenvalue weighted by atomic mass is 10.2. The summed E-state index contributed by atoms with van der Waals surface area (Å²) in [5.41, 5.74) is 5.29. The second-order valence-electron chi connectivity index (χ2n) is 2.20. The molecule has 0 aliphatic carbocycles. The van der Waals surface area contributed by atoms with Gasteiger partial charge in [-0.1, -0.05) is 0 Å². The normalized spacial score (nSPS) is 29.1. The number of rotatable bonds is 1. The number of aliphatic hydroxyl groups is 1. The minimum atomic E-state index is -0.404. The van der Waals surface area contributed by atoms with Crippen LogP contribution >= 0.6 is 0 Å². The number of aliphatic hydroxyl groups excluding tert-OH is 1. The molecule has 0 aromatic heterocycles. The van der Waals surface area contributed by atoms with Gasteiger partial charge in [-0.15, -0.1) is 0 Å². The highest BCUT2D eigenvalue weighted by Gasteiger charge is 2.18. The van der Waals surface area contributed by atoms with Gasteiger partial charge in [0.1, 0.15) is 0 Å². The summed E-state index contributed by atoms with van der Waals surface area (Å²) in [4.78, 5) is 3.92. The average Bonchev–Trinajstić information content (AvgIpc) is 2.14. The second kappa shape index (κ2) is 2.23. The van der Waals surface area contributed by atoms with E-state index in [9.17, 15) is 0 Å². The van der Waals surface area contributed by atoms with Gasteiger partial charge in [0.2, 0.25) is 0 Å². The lowest BCUT2D eigenvalue weighted by molar-refractivity contribution is 0.169. The Morgan fingerprint density at radius 1 is 2.00 bits per heavy atom.